The number of rotatable bonds is 3. The van der Waals surface area contributed by atoms with Crippen molar-refractivity contribution in [2.45, 2.75) is 25.6 Å². The van der Waals surface area contributed by atoms with Crippen molar-refractivity contribution in [3.63, 3.8) is 0 Å². The fraction of sp³-hybridized carbons (Fsp3) is 0.533. The molecule has 2 aliphatic rings. The number of carbonyl (C=O) groups excluding carboxylic acids is 1. The van der Waals surface area contributed by atoms with Crippen LogP contribution in [0.5, 0.6) is 5.75 Å². The van der Waals surface area contributed by atoms with Crippen LogP contribution >= 0.6 is 0 Å². The molecule has 2 saturated heterocycles. The molecule has 0 saturated carbocycles. The molecule has 0 bridgehead atoms. The SMILES string of the molecule is C[C@H]1C[C@@H]2CN(C(=O)COc3cc(F)ccc3F)C[C@@H]2O1. The van der Waals surface area contributed by atoms with Gasteiger partial charge < -0.3 is 14.4 Å². The fourth-order valence-corrected chi connectivity index (χ4v) is 3.02. The van der Waals surface area contributed by atoms with E-state index in [1.165, 1.54) is 0 Å². The Morgan fingerprint density at radius 1 is 1.43 bits per heavy atom. The van der Waals surface area contributed by atoms with E-state index in [0.717, 1.165) is 24.6 Å². The third kappa shape index (κ3) is 3.00. The Hall–Kier alpha value is -1.69. The van der Waals surface area contributed by atoms with Crippen LogP contribution < -0.4 is 4.74 Å². The number of likely N-dealkylation sites (tertiary alicyclic amines) is 1. The van der Waals surface area contributed by atoms with Gasteiger partial charge in [0.2, 0.25) is 0 Å². The summed E-state index contributed by atoms with van der Waals surface area (Å²) in [6.07, 6.45) is 1.29. The van der Waals surface area contributed by atoms with Crippen molar-refractivity contribution < 1.29 is 23.0 Å². The van der Waals surface area contributed by atoms with Crippen molar-refractivity contribution in [3.8, 4) is 5.75 Å². The van der Waals surface area contributed by atoms with Crippen LogP contribution in [0.15, 0.2) is 18.2 Å². The van der Waals surface area contributed by atoms with Crippen LogP contribution in [0.4, 0.5) is 8.78 Å². The van der Waals surface area contributed by atoms with Gasteiger partial charge in [-0.25, -0.2) is 8.78 Å². The first-order valence-electron chi connectivity index (χ1n) is 7.04. The molecule has 2 fully saturated rings. The van der Waals surface area contributed by atoms with E-state index in [9.17, 15) is 13.6 Å². The molecule has 0 spiro atoms. The van der Waals surface area contributed by atoms with Crippen LogP contribution in [-0.4, -0.2) is 42.7 Å². The Balaban J connectivity index is 1.55. The van der Waals surface area contributed by atoms with E-state index in [4.69, 9.17) is 9.47 Å². The molecule has 1 amide bonds. The highest BCUT2D eigenvalue weighted by molar-refractivity contribution is 5.78. The highest BCUT2D eigenvalue weighted by atomic mass is 19.1. The van der Waals surface area contributed by atoms with E-state index in [-0.39, 0.29) is 30.5 Å². The summed E-state index contributed by atoms with van der Waals surface area (Å²) in [5.74, 6) is -1.39. The Bertz CT molecular complexity index is 538. The summed E-state index contributed by atoms with van der Waals surface area (Å²) in [7, 11) is 0. The third-order valence-electron chi connectivity index (χ3n) is 4.02. The molecular weight excluding hydrogens is 280 g/mol. The second-order valence-electron chi connectivity index (χ2n) is 5.64. The molecule has 0 aliphatic carbocycles. The molecule has 3 atom stereocenters. The second-order valence-corrected chi connectivity index (χ2v) is 5.64. The van der Waals surface area contributed by atoms with E-state index in [1.807, 2.05) is 6.92 Å². The number of halogens is 2. The molecule has 6 heteroatoms. The molecule has 21 heavy (non-hydrogen) atoms. The minimum atomic E-state index is -0.681. The van der Waals surface area contributed by atoms with Gasteiger partial charge in [0.15, 0.2) is 18.2 Å². The predicted octanol–water partition coefficient (Wildman–Crippen LogP) is 1.98. The molecule has 0 radical (unpaired) electrons. The zero-order valence-electron chi connectivity index (χ0n) is 11.7. The van der Waals surface area contributed by atoms with Crippen LogP contribution in [0.3, 0.4) is 0 Å². The molecule has 1 aromatic carbocycles. The van der Waals surface area contributed by atoms with Gasteiger partial charge in [0.25, 0.3) is 5.91 Å². The summed E-state index contributed by atoms with van der Waals surface area (Å²) in [6, 6.07) is 2.92. The number of hydrogen-bond donors (Lipinski definition) is 0. The van der Waals surface area contributed by atoms with Crippen LogP contribution in [-0.2, 0) is 9.53 Å². The number of carbonyl (C=O) groups is 1. The minimum Gasteiger partial charge on any atom is -0.481 e. The molecule has 2 aliphatic heterocycles. The lowest BCUT2D eigenvalue weighted by Crippen LogP contribution is -2.35. The van der Waals surface area contributed by atoms with Gasteiger partial charge in [0.05, 0.1) is 12.2 Å². The summed E-state index contributed by atoms with van der Waals surface area (Å²) in [5, 5.41) is 0. The van der Waals surface area contributed by atoms with Gasteiger partial charge in [-0.15, -0.1) is 0 Å². The van der Waals surface area contributed by atoms with Crippen molar-refractivity contribution >= 4 is 5.91 Å². The molecular formula is C15H17F2NO3. The maximum atomic E-state index is 13.4. The smallest absolute Gasteiger partial charge is 0.260 e. The summed E-state index contributed by atoms with van der Waals surface area (Å²) < 4.78 is 37.2. The highest BCUT2D eigenvalue weighted by Crippen LogP contribution is 2.32. The average molecular weight is 297 g/mol. The Labute approximate surface area is 121 Å². The van der Waals surface area contributed by atoms with Crippen molar-refractivity contribution in [1.29, 1.82) is 0 Å². The van der Waals surface area contributed by atoms with Crippen LogP contribution in [0, 0.1) is 17.6 Å². The van der Waals surface area contributed by atoms with Crippen LogP contribution in [0.2, 0.25) is 0 Å². The minimum absolute atomic E-state index is 0.0925. The third-order valence-corrected chi connectivity index (χ3v) is 4.02. The molecule has 0 aromatic heterocycles. The first-order chi connectivity index (χ1) is 10.0. The molecule has 3 rings (SSSR count). The lowest BCUT2D eigenvalue weighted by atomic mass is 10.0. The molecule has 1 aromatic rings. The molecule has 114 valence electrons. The normalized spacial score (nSPS) is 27.8. The predicted molar refractivity (Wildman–Crippen MR) is 70.9 cm³/mol. The molecule has 0 unspecified atom stereocenters. The lowest BCUT2D eigenvalue weighted by Gasteiger charge is -2.18. The van der Waals surface area contributed by atoms with Gasteiger partial charge >= 0.3 is 0 Å². The quantitative estimate of drug-likeness (QED) is 0.856. The number of nitrogens with zero attached hydrogens (tertiary/aromatic N) is 1. The highest BCUT2D eigenvalue weighted by Gasteiger charge is 2.41. The Morgan fingerprint density at radius 3 is 3.00 bits per heavy atom. The van der Waals surface area contributed by atoms with E-state index in [0.29, 0.717) is 19.0 Å². The van der Waals surface area contributed by atoms with Gasteiger partial charge in [-0.3, -0.25) is 4.79 Å². The number of hydrogen-bond acceptors (Lipinski definition) is 3. The fourth-order valence-electron chi connectivity index (χ4n) is 3.02. The number of fused-ring (bicyclic) bond motifs is 1. The van der Waals surface area contributed by atoms with Crippen molar-refractivity contribution in [3.05, 3.63) is 29.8 Å². The van der Waals surface area contributed by atoms with Crippen molar-refractivity contribution in [1.82, 2.24) is 4.90 Å². The van der Waals surface area contributed by atoms with Gasteiger partial charge in [-0.2, -0.15) is 0 Å². The standard InChI is InChI=1S/C15H17F2NO3/c1-9-4-10-6-18(7-14(10)21-9)15(19)8-20-13-5-11(16)2-3-12(13)17/h2-3,5,9-10,14H,4,6-8H2,1H3/t9-,10+,14-/m0/s1. The van der Waals surface area contributed by atoms with Crippen molar-refractivity contribution in [2.75, 3.05) is 19.7 Å². The summed E-state index contributed by atoms with van der Waals surface area (Å²) >= 11 is 0. The van der Waals surface area contributed by atoms with Gasteiger partial charge in [-0.1, -0.05) is 0 Å². The molecule has 4 nitrogen and oxygen atoms in total. The maximum absolute atomic E-state index is 13.4. The summed E-state index contributed by atoms with van der Waals surface area (Å²) in [5.41, 5.74) is 0. The second kappa shape index (κ2) is 5.60. The first-order valence-corrected chi connectivity index (χ1v) is 7.04. The van der Waals surface area contributed by atoms with Gasteiger partial charge in [0, 0.05) is 25.1 Å². The number of ether oxygens (including phenoxy) is 2. The number of amides is 1. The Kier molecular flexibility index (Phi) is 3.80. The van der Waals surface area contributed by atoms with Crippen LogP contribution in [0.25, 0.3) is 0 Å². The topological polar surface area (TPSA) is 38.8 Å². The number of benzene rings is 1. The Morgan fingerprint density at radius 2 is 2.24 bits per heavy atom. The van der Waals surface area contributed by atoms with Crippen LogP contribution in [0.1, 0.15) is 13.3 Å². The largest absolute Gasteiger partial charge is 0.481 e. The monoisotopic (exact) mass is 297 g/mol. The maximum Gasteiger partial charge on any atom is 0.260 e. The zero-order chi connectivity index (χ0) is 15.0. The van der Waals surface area contributed by atoms with E-state index >= 15 is 0 Å². The molecule has 0 N–H and O–H groups in total. The lowest BCUT2D eigenvalue weighted by molar-refractivity contribution is -0.133. The average Bonchev–Trinajstić information content (AvgIpc) is 2.96. The zero-order valence-corrected chi connectivity index (χ0v) is 11.7. The first kappa shape index (κ1) is 14.3. The van der Waals surface area contributed by atoms with Crippen molar-refractivity contribution in [2.24, 2.45) is 5.92 Å². The van der Waals surface area contributed by atoms with E-state index in [2.05, 4.69) is 0 Å². The summed E-state index contributed by atoms with van der Waals surface area (Å²) in [6.45, 7) is 2.92. The summed E-state index contributed by atoms with van der Waals surface area (Å²) in [4.78, 5) is 13.7. The molecule has 2 heterocycles. The van der Waals surface area contributed by atoms with Gasteiger partial charge in [-0.05, 0) is 25.5 Å². The van der Waals surface area contributed by atoms with E-state index in [1.54, 1.807) is 4.90 Å². The van der Waals surface area contributed by atoms with Gasteiger partial charge in [0.1, 0.15) is 5.82 Å². The van der Waals surface area contributed by atoms with E-state index < -0.39 is 11.6 Å².